The highest BCUT2D eigenvalue weighted by molar-refractivity contribution is 5.66. The number of hydrogen-bond acceptors (Lipinski definition) is 4. The van der Waals surface area contributed by atoms with Crippen molar-refractivity contribution < 1.29 is 14.3 Å². The maximum absolute atomic E-state index is 11.2. The Bertz CT molecular complexity index is 353. The predicted octanol–water partition coefficient (Wildman–Crippen LogP) is 2.82. The van der Waals surface area contributed by atoms with Crippen LogP contribution >= 0.6 is 0 Å². The third kappa shape index (κ3) is 3.71. The molecule has 0 bridgehead atoms. The van der Waals surface area contributed by atoms with Gasteiger partial charge in [-0.05, 0) is 26.2 Å². The van der Waals surface area contributed by atoms with Crippen LogP contribution in [-0.4, -0.2) is 23.8 Å². The lowest BCUT2D eigenvalue weighted by atomic mass is 9.81. The Balaban J connectivity index is 2.86. The molecule has 4 nitrogen and oxygen atoms in total. The average molecular weight is 253 g/mol. The summed E-state index contributed by atoms with van der Waals surface area (Å²) in [5.41, 5.74) is -0.962. The molecule has 18 heavy (non-hydrogen) atoms. The van der Waals surface area contributed by atoms with Crippen LogP contribution in [0.15, 0.2) is 0 Å². The summed E-state index contributed by atoms with van der Waals surface area (Å²) in [7, 11) is 0. The third-order valence-electron chi connectivity index (χ3n) is 3.27. The number of nitriles is 1. The summed E-state index contributed by atoms with van der Waals surface area (Å²) in [6, 6.07) is 2.21. The second-order valence-corrected chi connectivity index (χ2v) is 6.29. The summed E-state index contributed by atoms with van der Waals surface area (Å²) in [5.74, 6) is -0.303. The molecule has 0 amide bonds. The van der Waals surface area contributed by atoms with Crippen LogP contribution in [0.3, 0.4) is 0 Å². The molecule has 4 heteroatoms. The fourth-order valence-electron chi connectivity index (χ4n) is 2.38. The Morgan fingerprint density at radius 1 is 1.56 bits per heavy atom. The number of ether oxygens (including phenoxy) is 2. The van der Waals surface area contributed by atoms with Crippen LogP contribution in [0.4, 0.5) is 0 Å². The minimum absolute atomic E-state index is 0.202. The SMILES string of the molecule is CC(=O)OC([C@@H]1CCC[C@@](C)(C#N)O1)C(C)(C)C. The Labute approximate surface area is 109 Å². The topological polar surface area (TPSA) is 59.3 Å². The van der Waals surface area contributed by atoms with Gasteiger partial charge in [0.1, 0.15) is 6.10 Å². The van der Waals surface area contributed by atoms with Crippen LogP contribution in [0, 0.1) is 16.7 Å². The number of hydrogen-bond donors (Lipinski definition) is 0. The van der Waals surface area contributed by atoms with Gasteiger partial charge in [-0.3, -0.25) is 4.79 Å². The van der Waals surface area contributed by atoms with Gasteiger partial charge in [0.25, 0.3) is 0 Å². The first-order chi connectivity index (χ1) is 8.18. The smallest absolute Gasteiger partial charge is 0.303 e. The maximum Gasteiger partial charge on any atom is 0.303 e. The largest absolute Gasteiger partial charge is 0.459 e. The summed E-state index contributed by atoms with van der Waals surface area (Å²) >= 11 is 0. The molecule has 0 aromatic rings. The van der Waals surface area contributed by atoms with Crippen LogP contribution in [0.1, 0.15) is 53.9 Å². The molecule has 1 saturated heterocycles. The minimum Gasteiger partial charge on any atom is -0.459 e. The van der Waals surface area contributed by atoms with Gasteiger partial charge in [-0.15, -0.1) is 0 Å². The van der Waals surface area contributed by atoms with Gasteiger partial charge < -0.3 is 9.47 Å². The Hall–Kier alpha value is -1.08. The highest BCUT2D eigenvalue weighted by Crippen LogP contribution is 2.36. The van der Waals surface area contributed by atoms with Gasteiger partial charge in [-0.1, -0.05) is 20.8 Å². The Morgan fingerprint density at radius 2 is 2.17 bits per heavy atom. The van der Waals surface area contributed by atoms with Crippen molar-refractivity contribution >= 4 is 5.97 Å². The monoisotopic (exact) mass is 253 g/mol. The molecule has 1 rings (SSSR count). The lowest BCUT2D eigenvalue weighted by molar-refractivity contribution is -0.186. The van der Waals surface area contributed by atoms with Crippen molar-refractivity contribution in [2.75, 3.05) is 0 Å². The van der Waals surface area contributed by atoms with Gasteiger partial charge >= 0.3 is 5.97 Å². The van der Waals surface area contributed by atoms with E-state index in [1.54, 1.807) is 6.92 Å². The van der Waals surface area contributed by atoms with Crippen molar-refractivity contribution in [3.8, 4) is 6.07 Å². The van der Waals surface area contributed by atoms with Crippen molar-refractivity contribution in [1.82, 2.24) is 0 Å². The van der Waals surface area contributed by atoms with Crippen molar-refractivity contribution in [3.63, 3.8) is 0 Å². The van der Waals surface area contributed by atoms with Crippen LogP contribution < -0.4 is 0 Å². The zero-order chi connectivity index (χ0) is 14.0. The molecule has 102 valence electrons. The third-order valence-corrected chi connectivity index (χ3v) is 3.27. The van der Waals surface area contributed by atoms with Gasteiger partial charge in [0.2, 0.25) is 0 Å². The van der Waals surface area contributed by atoms with E-state index >= 15 is 0 Å². The molecule has 1 heterocycles. The zero-order valence-corrected chi connectivity index (χ0v) is 11.9. The van der Waals surface area contributed by atoms with Crippen molar-refractivity contribution in [2.24, 2.45) is 5.41 Å². The summed E-state index contributed by atoms with van der Waals surface area (Å²) in [5, 5.41) is 9.15. The second-order valence-electron chi connectivity index (χ2n) is 6.29. The lowest BCUT2D eigenvalue weighted by Gasteiger charge is -2.42. The summed E-state index contributed by atoms with van der Waals surface area (Å²) in [4.78, 5) is 11.2. The van der Waals surface area contributed by atoms with Gasteiger partial charge in [0, 0.05) is 12.3 Å². The van der Waals surface area contributed by atoms with Crippen LogP contribution in [0.5, 0.6) is 0 Å². The molecule has 0 aromatic heterocycles. The number of esters is 1. The highest BCUT2D eigenvalue weighted by Gasteiger charge is 2.42. The van der Waals surface area contributed by atoms with E-state index in [1.807, 2.05) is 20.8 Å². The van der Waals surface area contributed by atoms with E-state index in [0.717, 1.165) is 19.3 Å². The van der Waals surface area contributed by atoms with Crippen molar-refractivity contribution in [1.29, 1.82) is 5.26 Å². The van der Waals surface area contributed by atoms with E-state index in [2.05, 4.69) is 6.07 Å². The molecule has 1 aliphatic rings. The minimum atomic E-state index is -0.757. The maximum atomic E-state index is 11.2. The number of carbonyl (C=O) groups excluding carboxylic acids is 1. The lowest BCUT2D eigenvalue weighted by Crippen LogP contribution is -2.49. The van der Waals surface area contributed by atoms with Gasteiger partial charge in [0.15, 0.2) is 5.60 Å². The Kier molecular flexibility index (Phi) is 4.39. The molecule has 0 aromatic carbocycles. The fraction of sp³-hybridized carbons (Fsp3) is 0.857. The quantitative estimate of drug-likeness (QED) is 0.710. The first-order valence-electron chi connectivity index (χ1n) is 6.44. The standard InChI is InChI=1S/C14H23NO3/c1-10(16)17-12(13(2,3)4)11-7-6-8-14(5,9-15)18-11/h11-12H,6-8H2,1-5H3/t11-,12?,14-/m0/s1. The summed E-state index contributed by atoms with van der Waals surface area (Å²) in [6.45, 7) is 9.25. The van der Waals surface area contributed by atoms with E-state index in [9.17, 15) is 4.79 Å². The number of rotatable bonds is 2. The predicted molar refractivity (Wildman–Crippen MR) is 67.8 cm³/mol. The van der Waals surface area contributed by atoms with E-state index < -0.39 is 5.60 Å². The first kappa shape index (κ1) is 15.0. The van der Waals surface area contributed by atoms with Crippen LogP contribution in [0.25, 0.3) is 0 Å². The second kappa shape index (κ2) is 5.27. The molecule has 0 N–H and O–H groups in total. The molecule has 0 radical (unpaired) electrons. The normalized spacial score (nSPS) is 30.3. The molecule has 1 unspecified atom stereocenters. The van der Waals surface area contributed by atoms with Gasteiger partial charge in [-0.2, -0.15) is 5.26 Å². The van der Waals surface area contributed by atoms with Crippen LogP contribution in [0.2, 0.25) is 0 Å². The average Bonchev–Trinajstić information content (AvgIpc) is 2.24. The van der Waals surface area contributed by atoms with E-state index in [-0.39, 0.29) is 23.6 Å². The number of nitrogens with zero attached hydrogens (tertiary/aromatic N) is 1. The summed E-state index contributed by atoms with van der Waals surface area (Å²) in [6.07, 6.45) is 1.96. The summed E-state index contributed by atoms with van der Waals surface area (Å²) < 4.78 is 11.3. The van der Waals surface area contributed by atoms with Crippen LogP contribution in [-0.2, 0) is 14.3 Å². The molecule has 0 saturated carbocycles. The first-order valence-corrected chi connectivity index (χ1v) is 6.44. The van der Waals surface area contributed by atoms with Crippen molar-refractivity contribution in [3.05, 3.63) is 0 Å². The van der Waals surface area contributed by atoms with Gasteiger partial charge in [0.05, 0.1) is 12.2 Å². The van der Waals surface area contributed by atoms with E-state index in [4.69, 9.17) is 14.7 Å². The molecule has 0 aliphatic carbocycles. The van der Waals surface area contributed by atoms with Gasteiger partial charge in [-0.25, -0.2) is 0 Å². The highest BCUT2D eigenvalue weighted by atomic mass is 16.6. The zero-order valence-electron chi connectivity index (χ0n) is 11.9. The van der Waals surface area contributed by atoms with E-state index in [0.29, 0.717) is 0 Å². The molecular formula is C14H23NO3. The van der Waals surface area contributed by atoms with Crippen molar-refractivity contribution in [2.45, 2.75) is 71.7 Å². The fourth-order valence-corrected chi connectivity index (χ4v) is 2.38. The molecule has 1 aliphatic heterocycles. The molecular weight excluding hydrogens is 230 g/mol. The Morgan fingerprint density at radius 3 is 2.61 bits per heavy atom. The number of carbonyl (C=O) groups is 1. The molecule has 0 spiro atoms. The molecule has 3 atom stereocenters. The molecule has 1 fully saturated rings. The van der Waals surface area contributed by atoms with E-state index in [1.165, 1.54) is 6.92 Å².